The van der Waals surface area contributed by atoms with Crippen LogP contribution in [-0.2, 0) is 16.0 Å². The maximum absolute atomic E-state index is 6.17. The maximum Gasteiger partial charge on any atom is 0.193 e. The third-order valence-corrected chi connectivity index (χ3v) is 7.82. The van der Waals surface area contributed by atoms with Gasteiger partial charge in [0.1, 0.15) is 0 Å². The minimum Gasteiger partial charge on any atom is -0.376 e. The molecule has 0 radical (unpaired) electrons. The molecule has 174 valence electrons. The van der Waals surface area contributed by atoms with Crippen LogP contribution in [0.4, 0.5) is 0 Å². The molecule has 0 saturated carbocycles. The third-order valence-electron chi connectivity index (χ3n) is 6.96. The van der Waals surface area contributed by atoms with Gasteiger partial charge in [0.2, 0.25) is 0 Å². The number of rotatable bonds is 7. The van der Waals surface area contributed by atoms with E-state index in [1.165, 1.54) is 43.6 Å². The summed E-state index contributed by atoms with van der Waals surface area (Å²) in [7, 11) is 1.91. The van der Waals surface area contributed by atoms with Gasteiger partial charge in [-0.1, -0.05) is 6.07 Å². The number of piperidine rings is 2. The number of ether oxygens (including phenoxy) is 2. The molecular weight excluding hydrogens is 408 g/mol. The average Bonchev–Trinajstić information content (AvgIpc) is 3.34. The van der Waals surface area contributed by atoms with Crippen molar-refractivity contribution in [2.45, 2.75) is 63.7 Å². The largest absolute Gasteiger partial charge is 0.376 e. The molecule has 1 atom stereocenters. The standard InChI is InChI=1S/C24H40N4O2S/c1-25-24(26-17-20-7-11-27(12-8-20)18-23-6-4-16-31-23)28-13-9-21(10-14-28)30-19-22-5-2-3-15-29-22/h4,6,16,20-22H,2-3,5,7-15,17-19H2,1H3,(H,25,26). The number of likely N-dealkylation sites (tertiary alicyclic amines) is 2. The second-order valence-corrected chi connectivity index (χ2v) is 10.3. The van der Waals surface area contributed by atoms with Crippen molar-refractivity contribution in [3.05, 3.63) is 22.4 Å². The number of hydrogen-bond donors (Lipinski definition) is 1. The monoisotopic (exact) mass is 448 g/mol. The molecule has 4 rings (SSSR count). The van der Waals surface area contributed by atoms with Crippen LogP contribution < -0.4 is 5.32 Å². The minimum absolute atomic E-state index is 0.318. The van der Waals surface area contributed by atoms with E-state index in [9.17, 15) is 0 Å². The van der Waals surface area contributed by atoms with Crippen LogP contribution in [-0.4, -0.2) is 81.0 Å². The molecule has 31 heavy (non-hydrogen) atoms. The zero-order chi connectivity index (χ0) is 21.3. The normalized spacial score (nSPS) is 25.1. The highest BCUT2D eigenvalue weighted by Gasteiger charge is 2.25. The Kier molecular flexibility index (Phi) is 9.05. The van der Waals surface area contributed by atoms with Crippen molar-refractivity contribution < 1.29 is 9.47 Å². The van der Waals surface area contributed by atoms with Gasteiger partial charge in [-0.2, -0.15) is 0 Å². The van der Waals surface area contributed by atoms with Crippen LogP contribution in [0.5, 0.6) is 0 Å². The number of hydrogen-bond acceptors (Lipinski definition) is 5. The fourth-order valence-electron chi connectivity index (χ4n) is 4.96. The first-order valence-electron chi connectivity index (χ1n) is 12.2. The van der Waals surface area contributed by atoms with E-state index in [0.29, 0.717) is 12.2 Å². The Bertz CT molecular complexity index is 647. The molecule has 3 aliphatic heterocycles. The van der Waals surface area contributed by atoms with Crippen LogP contribution in [0.1, 0.15) is 49.8 Å². The van der Waals surface area contributed by atoms with Crippen molar-refractivity contribution in [3.63, 3.8) is 0 Å². The van der Waals surface area contributed by atoms with E-state index in [-0.39, 0.29) is 0 Å². The first kappa shape index (κ1) is 23.0. The number of aliphatic imine (C=N–C) groups is 1. The van der Waals surface area contributed by atoms with Crippen molar-refractivity contribution in [2.75, 3.05) is 53.0 Å². The summed E-state index contributed by atoms with van der Waals surface area (Å²) >= 11 is 1.87. The smallest absolute Gasteiger partial charge is 0.193 e. The van der Waals surface area contributed by atoms with Crippen molar-refractivity contribution in [2.24, 2.45) is 10.9 Å². The van der Waals surface area contributed by atoms with Gasteiger partial charge < -0.3 is 19.7 Å². The van der Waals surface area contributed by atoms with Crippen molar-refractivity contribution in [1.82, 2.24) is 15.1 Å². The Hall–Kier alpha value is -1.15. The molecule has 4 heterocycles. The van der Waals surface area contributed by atoms with Crippen molar-refractivity contribution >= 4 is 17.3 Å². The quantitative estimate of drug-likeness (QED) is 0.510. The van der Waals surface area contributed by atoms with Crippen molar-refractivity contribution in [3.8, 4) is 0 Å². The zero-order valence-corrected chi connectivity index (χ0v) is 20.0. The van der Waals surface area contributed by atoms with Gasteiger partial charge in [0.05, 0.1) is 18.8 Å². The summed E-state index contributed by atoms with van der Waals surface area (Å²) in [5.74, 6) is 1.81. The highest BCUT2D eigenvalue weighted by atomic mass is 32.1. The molecule has 7 heteroatoms. The summed E-state index contributed by atoms with van der Waals surface area (Å²) in [5.41, 5.74) is 0. The number of thiophene rings is 1. The van der Waals surface area contributed by atoms with Crippen LogP contribution >= 0.6 is 11.3 Å². The first-order valence-corrected chi connectivity index (χ1v) is 13.1. The summed E-state index contributed by atoms with van der Waals surface area (Å²) in [6.45, 7) is 8.28. The summed E-state index contributed by atoms with van der Waals surface area (Å²) in [4.78, 5) is 11.1. The molecule has 3 fully saturated rings. The van der Waals surface area contributed by atoms with E-state index in [1.54, 1.807) is 0 Å². The minimum atomic E-state index is 0.318. The van der Waals surface area contributed by atoms with Gasteiger partial charge in [-0.25, -0.2) is 0 Å². The first-order chi connectivity index (χ1) is 15.3. The van der Waals surface area contributed by atoms with E-state index in [2.05, 4.69) is 37.6 Å². The fraction of sp³-hybridized carbons (Fsp3) is 0.792. The predicted molar refractivity (Wildman–Crippen MR) is 128 cm³/mol. The summed E-state index contributed by atoms with van der Waals surface area (Å²) in [6, 6.07) is 4.41. The SMILES string of the molecule is CN=C(NCC1CCN(Cc2cccs2)CC1)N1CCC(OCC2CCCCO2)CC1. The van der Waals surface area contributed by atoms with Gasteiger partial charge in [0, 0.05) is 44.7 Å². The van der Waals surface area contributed by atoms with Gasteiger partial charge in [-0.05, 0) is 75.4 Å². The Balaban J connectivity index is 1.11. The molecule has 0 spiro atoms. The average molecular weight is 449 g/mol. The van der Waals surface area contributed by atoms with Crippen molar-refractivity contribution in [1.29, 1.82) is 0 Å². The van der Waals surface area contributed by atoms with Crippen LogP contribution in [0.2, 0.25) is 0 Å². The lowest BCUT2D eigenvalue weighted by Gasteiger charge is -2.36. The molecule has 0 aliphatic carbocycles. The van der Waals surface area contributed by atoms with E-state index in [0.717, 1.165) is 70.5 Å². The molecule has 1 aromatic heterocycles. The van der Waals surface area contributed by atoms with E-state index >= 15 is 0 Å². The Morgan fingerprint density at radius 2 is 2.00 bits per heavy atom. The fourth-order valence-corrected chi connectivity index (χ4v) is 5.70. The Morgan fingerprint density at radius 3 is 2.68 bits per heavy atom. The summed E-state index contributed by atoms with van der Waals surface area (Å²) in [5, 5.41) is 5.84. The molecule has 0 aromatic carbocycles. The van der Waals surface area contributed by atoms with Crippen LogP contribution in [0.25, 0.3) is 0 Å². The number of nitrogens with one attached hydrogen (secondary N) is 1. The lowest BCUT2D eigenvalue weighted by molar-refractivity contribution is -0.0721. The van der Waals surface area contributed by atoms with Crippen LogP contribution in [0.3, 0.4) is 0 Å². The Morgan fingerprint density at radius 1 is 1.16 bits per heavy atom. The van der Waals surface area contributed by atoms with E-state index in [1.807, 2.05) is 18.4 Å². The van der Waals surface area contributed by atoms with E-state index < -0.39 is 0 Å². The van der Waals surface area contributed by atoms with Gasteiger partial charge in [0.15, 0.2) is 5.96 Å². The second kappa shape index (κ2) is 12.2. The Labute approximate surface area is 192 Å². The molecule has 3 aliphatic rings. The van der Waals surface area contributed by atoms with Gasteiger partial charge in [0.25, 0.3) is 0 Å². The molecule has 1 aromatic rings. The van der Waals surface area contributed by atoms with Gasteiger partial charge >= 0.3 is 0 Å². The van der Waals surface area contributed by atoms with Gasteiger partial charge in [-0.15, -0.1) is 11.3 Å². The summed E-state index contributed by atoms with van der Waals surface area (Å²) < 4.78 is 12.0. The second-order valence-electron chi connectivity index (χ2n) is 9.24. The predicted octanol–water partition coefficient (Wildman–Crippen LogP) is 3.59. The van der Waals surface area contributed by atoms with Crippen LogP contribution in [0.15, 0.2) is 22.5 Å². The molecule has 0 bridgehead atoms. The molecule has 0 amide bonds. The lowest BCUT2D eigenvalue weighted by Crippen LogP contribution is -2.49. The summed E-state index contributed by atoms with van der Waals surface area (Å²) in [6.07, 6.45) is 9.02. The molecular formula is C24H40N4O2S. The van der Waals surface area contributed by atoms with Crippen LogP contribution in [0, 0.1) is 5.92 Å². The maximum atomic E-state index is 6.17. The number of nitrogens with zero attached hydrogens (tertiary/aromatic N) is 3. The zero-order valence-electron chi connectivity index (χ0n) is 19.1. The molecule has 3 saturated heterocycles. The third kappa shape index (κ3) is 7.17. The molecule has 6 nitrogen and oxygen atoms in total. The number of guanidine groups is 1. The van der Waals surface area contributed by atoms with Gasteiger partial charge in [-0.3, -0.25) is 9.89 Å². The lowest BCUT2D eigenvalue weighted by atomic mass is 9.97. The molecule has 1 N–H and O–H groups in total. The topological polar surface area (TPSA) is 49.3 Å². The highest BCUT2D eigenvalue weighted by Crippen LogP contribution is 2.21. The molecule has 1 unspecified atom stereocenters. The van der Waals surface area contributed by atoms with E-state index in [4.69, 9.17) is 9.47 Å². The highest BCUT2D eigenvalue weighted by molar-refractivity contribution is 7.09.